The molecule has 0 amide bonds. The highest BCUT2D eigenvalue weighted by atomic mass is 16.5. The fourth-order valence-corrected chi connectivity index (χ4v) is 0.952. The van der Waals surface area contributed by atoms with Crippen LogP contribution in [0.2, 0.25) is 0 Å². The summed E-state index contributed by atoms with van der Waals surface area (Å²) >= 11 is 0. The molecule has 4 heteroatoms. The van der Waals surface area contributed by atoms with Crippen molar-refractivity contribution in [3.63, 3.8) is 0 Å². The summed E-state index contributed by atoms with van der Waals surface area (Å²) in [4.78, 5) is 2.13. The second-order valence-electron chi connectivity index (χ2n) is 3.08. The first kappa shape index (κ1) is 12.4. The van der Waals surface area contributed by atoms with Gasteiger partial charge in [0.05, 0.1) is 6.61 Å². The van der Waals surface area contributed by atoms with E-state index >= 15 is 0 Å². The standard InChI is InChI=1S/C9H21N3O/c1-5-12(10)9(2)8-11(3)6-7-13-4/h2,5-8,10H2,1,3-4H3. The molecule has 0 aromatic carbocycles. The van der Waals surface area contributed by atoms with Crippen LogP contribution in [0.1, 0.15) is 6.92 Å². The van der Waals surface area contributed by atoms with Gasteiger partial charge in [0.1, 0.15) is 0 Å². The third-order valence-corrected chi connectivity index (χ3v) is 1.88. The minimum absolute atomic E-state index is 0.737. The van der Waals surface area contributed by atoms with Crippen molar-refractivity contribution in [2.24, 2.45) is 5.84 Å². The van der Waals surface area contributed by atoms with Gasteiger partial charge < -0.3 is 9.75 Å². The summed E-state index contributed by atoms with van der Waals surface area (Å²) in [6.45, 7) is 9.10. The highest BCUT2D eigenvalue weighted by molar-refractivity contribution is 4.93. The Labute approximate surface area is 80.9 Å². The molecule has 0 heterocycles. The smallest absolute Gasteiger partial charge is 0.0589 e. The molecule has 0 aromatic rings. The molecule has 0 unspecified atom stereocenters. The van der Waals surface area contributed by atoms with E-state index < -0.39 is 0 Å². The van der Waals surface area contributed by atoms with Crippen LogP contribution in [0, 0.1) is 0 Å². The van der Waals surface area contributed by atoms with Gasteiger partial charge in [0.25, 0.3) is 0 Å². The Bertz CT molecular complexity index is 150. The number of rotatable bonds is 7. The van der Waals surface area contributed by atoms with Crippen molar-refractivity contribution in [1.82, 2.24) is 9.91 Å². The molecule has 0 bridgehead atoms. The van der Waals surface area contributed by atoms with Crippen LogP contribution in [0.15, 0.2) is 12.3 Å². The van der Waals surface area contributed by atoms with Gasteiger partial charge in [-0.05, 0) is 14.0 Å². The van der Waals surface area contributed by atoms with Crippen LogP contribution in [0.25, 0.3) is 0 Å². The number of hydrogen-bond acceptors (Lipinski definition) is 4. The van der Waals surface area contributed by atoms with Crippen molar-refractivity contribution in [3.8, 4) is 0 Å². The minimum Gasteiger partial charge on any atom is -0.383 e. The van der Waals surface area contributed by atoms with E-state index in [1.54, 1.807) is 12.1 Å². The fraction of sp³-hybridized carbons (Fsp3) is 0.778. The van der Waals surface area contributed by atoms with Crippen molar-refractivity contribution >= 4 is 0 Å². The first-order valence-electron chi connectivity index (χ1n) is 4.49. The highest BCUT2D eigenvalue weighted by Crippen LogP contribution is 1.97. The number of hydrazine groups is 1. The number of methoxy groups -OCH3 is 1. The number of ether oxygens (including phenoxy) is 1. The van der Waals surface area contributed by atoms with Gasteiger partial charge in [-0.25, -0.2) is 5.84 Å². The molecule has 0 rings (SSSR count). The van der Waals surface area contributed by atoms with Gasteiger partial charge in [0, 0.05) is 32.4 Å². The monoisotopic (exact) mass is 187 g/mol. The van der Waals surface area contributed by atoms with Gasteiger partial charge in [-0.1, -0.05) is 6.58 Å². The molecule has 0 atom stereocenters. The van der Waals surface area contributed by atoms with E-state index in [0.717, 1.165) is 31.9 Å². The summed E-state index contributed by atoms with van der Waals surface area (Å²) in [6, 6.07) is 0. The van der Waals surface area contributed by atoms with E-state index in [1.165, 1.54) is 0 Å². The van der Waals surface area contributed by atoms with E-state index in [2.05, 4.69) is 11.5 Å². The third kappa shape index (κ3) is 5.63. The van der Waals surface area contributed by atoms with Crippen LogP contribution in [0.3, 0.4) is 0 Å². The molecular formula is C9H21N3O. The Balaban J connectivity index is 3.64. The number of nitrogens with zero attached hydrogens (tertiary/aromatic N) is 2. The summed E-state index contributed by atoms with van der Waals surface area (Å²) < 4.78 is 4.96. The van der Waals surface area contributed by atoms with Crippen LogP contribution >= 0.6 is 0 Å². The zero-order valence-electron chi connectivity index (χ0n) is 8.92. The lowest BCUT2D eigenvalue weighted by Crippen LogP contribution is -2.36. The summed E-state index contributed by atoms with van der Waals surface area (Å²) in [7, 11) is 3.72. The zero-order chi connectivity index (χ0) is 10.3. The van der Waals surface area contributed by atoms with Crippen molar-refractivity contribution in [1.29, 1.82) is 0 Å². The van der Waals surface area contributed by atoms with Crippen molar-refractivity contribution < 1.29 is 4.74 Å². The fourth-order valence-electron chi connectivity index (χ4n) is 0.952. The van der Waals surface area contributed by atoms with Crippen molar-refractivity contribution in [3.05, 3.63) is 12.3 Å². The molecular weight excluding hydrogens is 166 g/mol. The molecule has 2 N–H and O–H groups in total. The van der Waals surface area contributed by atoms with E-state index in [9.17, 15) is 0 Å². The Morgan fingerprint density at radius 1 is 1.54 bits per heavy atom. The van der Waals surface area contributed by atoms with E-state index in [1.807, 2.05) is 14.0 Å². The van der Waals surface area contributed by atoms with Crippen LogP contribution < -0.4 is 5.84 Å². The number of hydrogen-bond donors (Lipinski definition) is 1. The number of nitrogens with two attached hydrogens (primary N) is 1. The molecule has 0 aliphatic carbocycles. The molecule has 4 nitrogen and oxygen atoms in total. The maximum absolute atomic E-state index is 5.67. The third-order valence-electron chi connectivity index (χ3n) is 1.88. The molecule has 0 spiro atoms. The van der Waals surface area contributed by atoms with Crippen molar-refractivity contribution in [2.75, 3.05) is 40.4 Å². The first-order valence-corrected chi connectivity index (χ1v) is 4.49. The summed E-state index contributed by atoms with van der Waals surface area (Å²) in [5.74, 6) is 5.67. The van der Waals surface area contributed by atoms with E-state index in [-0.39, 0.29) is 0 Å². The molecule has 0 aliphatic rings. The lowest BCUT2D eigenvalue weighted by molar-refractivity contribution is 0.161. The highest BCUT2D eigenvalue weighted by Gasteiger charge is 2.03. The number of likely N-dealkylation sites (N-methyl/N-ethyl adjacent to an activating group) is 2. The molecule has 0 saturated carbocycles. The Morgan fingerprint density at radius 2 is 2.15 bits per heavy atom. The predicted molar refractivity (Wildman–Crippen MR) is 55.1 cm³/mol. The predicted octanol–water partition coefficient (Wildman–Crippen LogP) is 0.274. The minimum atomic E-state index is 0.737. The van der Waals surface area contributed by atoms with E-state index in [0.29, 0.717) is 0 Å². The molecule has 0 fully saturated rings. The Kier molecular flexibility index (Phi) is 6.58. The summed E-state index contributed by atoms with van der Waals surface area (Å²) in [5.41, 5.74) is 0.932. The summed E-state index contributed by atoms with van der Waals surface area (Å²) in [5, 5.41) is 1.66. The molecule has 0 aliphatic heterocycles. The first-order chi connectivity index (χ1) is 6.11. The van der Waals surface area contributed by atoms with Gasteiger partial charge in [-0.3, -0.25) is 4.90 Å². The lowest BCUT2D eigenvalue weighted by Gasteiger charge is -2.23. The SMILES string of the molecule is C=C(CN(C)CCOC)N(N)CC. The van der Waals surface area contributed by atoms with Crippen LogP contribution in [0.4, 0.5) is 0 Å². The normalized spacial score (nSPS) is 10.5. The van der Waals surface area contributed by atoms with Crippen LogP contribution in [0.5, 0.6) is 0 Å². The maximum Gasteiger partial charge on any atom is 0.0589 e. The van der Waals surface area contributed by atoms with Gasteiger partial charge in [-0.2, -0.15) is 0 Å². The second kappa shape index (κ2) is 6.88. The average Bonchev–Trinajstić information content (AvgIpc) is 2.13. The molecule has 0 radical (unpaired) electrons. The second-order valence-corrected chi connectivity index (χ2v) is 3.08. The van der Waals surface area contributed by atoms with Gasteiger partial charge in [0.2, 0.25) is 0 Å². The average molecular weight is 187 g/mol. The summed E-state index contributed by atoms with van der Waals surface area (Å²) in [6.07, 6.45) is 0. The van der Waals surface area contributed by atoms with Crippen LogP contribution in [-0.4, -0.2) is 50.3 Å². The largest absolute Gasteiger partial charge is 0.383 e. The van der Waals surface area contributed by atoms with Gasteiger partial charge in [0.15, 0.2) is 0 Å². The molecule has 0 aromatic heterocycles. The van der Waals surface area contributed by atoms with Gasteiger partial charge >= 0.3 is 0 Å². The van der Waals surface area contributed by atoms with Crippen molar-refractivity contribution in [2.45, 2.75) is 6.92 Å². The quantitative estimate of drug-likeness (QED) is 0.459. The Morgan fingerprint density at radius 3 is 2.62 bits per heavy atom. The van der Waals surface area contributed by atoms with E-state index in [4.69, 9.17) is 10.6 Å². The topological polar surface area (TPSA) is 41.7 Å². The molecule has 78 valence electrons. The molecule has 0 saturated heterocycles. The van der Waals surface area contributed by atoms with Crippen LogP contribution in [-0.2, 0) is 4.74 Å². The maximum atomic E-state index is 5.67. The molecule has 13 heavy (non-hydrogen) atoms. The van der Waals surface area contributed by atoms with Gasteiger partial charge in [-0.15, -0.1) is 0 Å². The zero-order valence-corrected chi connectivity index (χ0v) is 8.92. The lowest BCUT2D eigenvalue weighted by atomic mass is 10.4. The Hall–Kier alpha value is -0.580.